The van der Waals surface area contributed by atoms with Gasteiger partial charge in [0, 0.05) is 37.2 Å². The molecule has 1 saturated heterocycles. The molecule has 0 aliphatic carbocycles. The number of hydrogen-bond acceptors (Lipinski definition) is 6. The van der Waals surface area contributed by atoms with E-state index in [-0.39, 0.29) is 11.6 Å². The van der Waals surface area contributed by atoms with Crippen LogP contribution in [0, 0.1) is 0 Å². The lowest BCUT2D eigenvalue weighted by Gasteiger charge is -2.35. The van der Waals surface area contributed by atoms with Crippen molar-refractivity contribution in [2.24, 2.45) is 0 Å². The van der Waals surface area contributed by atoms with Crippen molar-refractivity contribution in [3.05, 3.63) is 54.7 Å². The SMILES string of the molecule is O=C(Nc1ccncn1)N1c2nc(-c3cncc(C(F)(F)F)c3)ccc2N2CC[C@H]1C2. The number of rotatable bonds is 2. The minimum Gasteiger partial charge on any atom is -0.366 e. The largest absolute Gasteiger partial charge is 0.417 e. The van der Waals surface area contributed by atoms with Crippen LogP contribution in [0.25, 0.3) is 11.3 Å². The number of hydrogen-bond donors (Lipinski definition) is 1. The Labute approximate surface area is 174 Å². The van der Waals surface area contributed by atoms with Crippen molar-refractivity contribution in [1.82, 2.24) is 19.9 Å². The summed E-state index contributed by atoms with van der Waals surface area (Å²) in [6.45, 7) is 1.43. The Kier molecular flexibility index (Phi) is 4.45. The fraction of sp³-hybridized carbons (Fsp3) is 0.250. The Morgan fingerprint density at radius 3 is 2.81 bits per heavy atom. The van der Waals surface area contributed by atoms with E-state index in [0.717, 1.165) is 30.9 Å². The van der Waals surface area contributed by atoms with Gasteiger partial charge in [-0.2, -0.15) is 13.2 Å². The van der Waals surface area contributed by atoms with Crippen molar-refractivity contribution >= 4 is 23.4 Å². The minimum atomic E-state index is -4.51. The molecule has 0 spiro atoms. The molecule has 11 heteroatoms. The molecule has 0 radical (unpaired) electrons. The zero-order valence-corrected chi connectivity index (χ0v) is 16.0. The Hall–Kier alpha value is -3.76. The number of pyridine rings is 2. The fourth-order valence-corrected chi connectivity index (χ4v) is 3.90. The quantitative estimate of drug-likeness (QED) is 0.673. The second-order valence-electron chi connectivity index (χ2n) is 7.28. The molecular weight excluding hydrogens is 411 g/mol. The molecule has 2 aliphatic heterocycles. The molecule has 31 heavy (non-hydrogen) atoms. The topological polar surface area (TPSA) is 87.1 Å². The van der Waals surface area contributed by atoms with E-state index in [1.165, 1.54) is 18.7 Å². The fourth-order valence-electron chi connectivity index (χ4n) is 3.90. The van der Waals surface area contributed by atoms with E-state index in [1.807, 2.05) is 0 Å². The molecule has 1 atom stereocenters. The number of alkyl halides is 3. The van der Waals surface area contributed by atoms with Crippen molar-refractivity contribution in [2.45, 2.75) is 18.6 Å². The highest BCUT2D eigenvalue weighted by Gasteiger charge is 2.40. The molecule has 2 bridgehead atoms. The first-order valence-electron chi connectivity index (χ1n) is 9.55. The first kappa shape index (κ1) is 19.2. The first-order valence-corrected chi connectivity index (χ1v) is 9.55. The number of anilines is 3. The lowest BCUT2D eigenvalue weighted by Crippen LogP contribution is -2.48. The molecule has 5 heterocycles. The van der Waals surface area contributed by atoms with Crippen LogP contribution in [0.3, 0.4) is 0 Å². The predicted octanol–water partition coefficient (Wildman–Crippen LogP) is 3.58. The van der Waals surface area contributed by atoms with Crippen LogP contribution in [0.5, 0.6) is 0 Å². The Morgan fingerprint density at radius 2 is 2.03 bits per heavy atom. The molecule has 0 saturated carbocycles. The number of amides is 2. The van der Waals surface area contributed by atoms with E-state index >= 15 is 0 Å². The molecule has 2 aliphatic rings. The number of aromatic nitrogens is 4. The second kappa shape index (κ2) is 7.18. The summed E-state index contributed by atoms with van der Waals surface area (Å²) < 4.78 is 39.3. The van der Waals surface area contributed by atoms with E-state index in [4.69, 9.17) is 0 Å². The van der Waals surface area contributed by atoms with Crippen molar-refractivity contribution in [3.8, 4) is 11.3 Å². The van der Waals surface area contributed by atoms with Crippen LogP contribution < -0.4 is 15.1 Å². The Morgan fingerprint density at radius 1 is 1.16 bits per heavy atom. The highest BCUT2D eigenvalue weighted by Crippen LogP contribution is 2.40. The third-order valence-electron chi connectivity index (χ3n) is 5.35. The average molecular weight is 427 g/mol. The minimum absolute atomic E-state index is 0.100. The lowest BCUT2D eigenvalue weighted by atomic mass is 10.1. The summed E-state index contributed by atoms with van der Waals surface area (Å²) in [5, 5.41) is 2.74. The number of nitrogens with zero attached hydrogens (tertiary/aromatic N) is 6. The molecule has 8 nitrogen and oxygen atoms in total. The molecular formula is C20H16F3N7O. The van der Waals surface area contributed by atoms with Crippen molar-refractivity contribution < 1.29 is 18.0 Å². The summed E-state index contributed by atoms with van der Waals surface area (Å²) in [4.78, 5) is 32.9. The van der Waals surface area contributed by atoms with Crippen LogP contribution in [0.2, 0.25) is 0 Å². The number of carbonyl (C=O) groups is 1. The number of carbonyl (C=O) groups excluding carboxylic acids is 1. The van der Waals surface area contributed by atoms with Gasteiger partial charge in [0.1, 0.15) is 12.1 Å². The molecule has 0 unspecified atom stereocenters. The summed E-state index contributed by atoms with van der Waals surface area (Å²) in [5.41, 5.74) is 0.434. The van der Waals surface area contributed by atoms with Gasteiger partial charge in [0.25, 0.3) is 0 Å². The molecule has 5 rings (SSSR count). The van der Waals surface area contributed by atoms with Gasteiger partial charge in [-0.05, 0) is 30.7 Å². The molecule has 1 N–H and O–H groups in total. The molecule has 1 fully saturated rings. The number of fused-ring (bicyclic) bond motifs is 4. The lowest BCUT2D eigenvalue weighted by molar-refractivity contribution is -0.137. The number of urea groups is 1. The van der Waals surface area contributed by atoms with Gasteiger partial charge in [0.2, 0.25) is 0 Å². The van der Waals surface area contributed by atoms with E-state index in [0.29, 0.717) is 23.9 Å². The van der Waals surface area contributed by atoms with Crippen molar-refractivity contribution in [3.63, 3.8) is 0 Å². The van der Waals surface area contributed by atoms with Gasteiger partial charge in [-0.15, -0.1) is 0 Å². The van der Waals surface area contributed by atoms with Crippen LogP contribution >= 0.6 is 0 Å². The molecule has 3 aromatic rings. The summed E-state index contributed by atoms with van der Waals surface area (Å²) in [6.07, 6.45) is 1.19. The van der Waals surface area contributed by atoms with Gasteiger partial charge in [0.05, 0.1) is 23.0 Å². The van der Waals surface area contributed by atoms with Gasteiger partial charge in [0.15, 0.2) is 5.82 Å². The van der Waals surface area contributed by atoms with Crippen LogP contribution in [0.1, 0.15) is 12.0 Å². The zero-order chi connectivity index (χ0) is 21.6. The maximum absolute atomic E-state index is 13.1. The van der Waals surface area contributed by atoms with Crippen LogP contribution in [0.15, 0.2) is 49.2 Å². The summed E-state index contributed by atoms with van der Waals surface area (Å²) in [6, 6.07) is 5.50. The Balaban J connectivity index is 1.54. The van der Waals surface area contributed by atoms with Gasteiger partial charge < -0.3 is 4.90 Å². The van der Waals surface area contributed by atoms with Gasteiger partial charge in [-0.1, -0.05) is 0 Å². The maximum atomic E-state index is 13.1. The highest BCUT2D eigenvalue weighted by molar-refractivity contribution is 6.04. The second-order valence-corrected chi connectivity index (χ2v) is 7.28. The molecule has 3 aromatic heterocycles. The standard InChI is InChI=1S/C20H16F3N7O/c21-20(22,23)13-7-12(8-25-9-13)15-1-2-16-18(27-15)30(14-4-6-29(16)10-14)19(31)28-17-3-5-24-11-26-17/h1-3,5,7-9,11,14H,4,6,10H2,(H,24,26,28,31)/t14-/m0/s1. The van der Waals surface area contributed by atoms with Crippen LogP contribution in [-0.2, 0) is 6.18 Å². The van der Waals surface area contributed by atoms with E-state index in [1.54, 1.807) is 23.1 Å². The smallest absolute Gasteiger partial charge is 0.366 e. The van der Waals surface area contributed by atoms with Gasteiger partial charge in [-0.3, -0.25) is 15.2 Å². The van der Waals surface area contributed by atoms with E-state index in [9.17, 15) is 18.0 Å². The van der Waals surface area contributed by atoms with E-state index in [2.05, 4.69) is 30.2 Å². The normalized spacial score (nSPS) is 17.5. The van der Waals surface area contributed by atoms with Gasteiger partial charge in [-0.25, -0.2) is 19.7 Å². The number of halogens is 3. The zero-order valence-electron chi connectivity index (χ0n) is 16.0. The number of nitrogens with one attached hydrogen (secondary N) is 1. The first-order chi connectivity index (χ1) is 14.9. The predicted molar refractivity (Wildman–Crippen MR) is 107 cm³/mol. The summed E-state index contributed by atoms with van der Waals surface area (Å²) >= 11 is 0. The monoisotopic (exact) mass is 427 g/mol. The maximum Gasteiger partial charge on any atom is 0.417 e. The molecule has 158 valence electrons. The Bertz CT molecular complexity index is 1140. The summed E-state index contributed by atoms with van der Waals surface area (Å²) in [5.74, 6) is 0.746. The van der Waals surface area contributed by atoms with Crippen molar-refractivity contribution in [1.29, 1.82) is 0 Å². The van der Waals surface area contributed by atoms with Crippen LogP contribution in [-0.4, -0.2) is 45.1 Å². The van der Waals surface area contributed by atoms with Crippen LogP contribution in [0.4, 0.5) is 35.3 Å². The third-order valence-corrected chi connectivity index (χ3v) is 5.35. The third kappa shape index (κ3) is 3.51. The summed E-state index contributed by atoms with van der Waals surface area (Å²) in [7, 11) is 0. The molecule has 2 amide bonds. The van der Waals surface area contributed by atoms with E-state index < -0.39 is 17.8 Å². The van der Waals surface area contributed by atoms with Gasteiger partial charge >= 0.3 is 12.2 Å². The molecule has 0 aromatic carbocycles. The van der Waals surface area contributed by atoms with Crippen molar-refractivity contribution in [2.75, 3.05) is 28.2 Å². The average Bonchev–Trinajstić information content (AvgIpc) is 3.18. The highest BCUT2D eigenvalue weighted by atomic mass is 19.4.